The molecule has 0 saturated heterocycles. The van der Waals surface area contributed by atoms with Gasteiger partial charge in [0.15, 0.2) is 0 Å². The van der Waals surface area contributed by atoms with Crippen LogP contribution in [0.1, 0.15) is 5.82 Å². The van der Waals surface area contributed by atoms with Gasteiger partial charge in [-0.3, -0.25) is 9.89 Å². The summed E-state index contributed by atoms with van der Waals surface area (Å²) in [6.07, 6.45) is 1.43. The monoisotopic (exact) mass is 197 g/mol. The summed E-state index contributed by atoms with van der Waals surface area (Å²) in [6.45, 7) is 0.872. The molecule has 1 aromatic heterocycles. The highest BCUT2D eigenvalue weighted by molar-refractivity contribution is 5.77. The van der Waals surface area contributed by atoms with E-state index in [1.807, 2.05) is 19.0 Å². The average Bonchev–Trinajstić information content (AvgIpc) is 2.55. The maximum Gasteiger partial charge on any atom is 0.236 e. The number of rotatable bonds is 4. The molecule has 1 heterocycles. The Morgan fingerprint density at radius 3 is 2.71 bits per heavy atom. The van der Waals surface area contributed by atoms with Crippen LogP contribution >= 0.6 is 0 Å². The second kappa shape index (κ2) is 4.71. The van der Waals surface area contributed by atoms with Crippen molar-refractivity contribution in [3.8, 4) is 0 Å². The summed E-state index contributed by atoms with van der Waals surface area (Å²) in [5.41, 5.74) is 0. The van der Waals surface area contributed by atoms with Gasteiger partial charge in [0.1, 0.15) is 12.2 Å². The Morgan fingerprint density at radius 2 is 2.21 bits per heavy atom. The van der Waals surface area contributed by atoms with E-state index in [4.69, 9.17) is 0 Å². The third-order valence-electron chi connectivity index (χ3n) is 1.73. The van der Waals surface area contributed by atoms with Crippen LogP contribution < -0.4 is 0 Å². The summed E-state index contributed by atoms with van der Waals surface area (Å²) in [6, 6.07) is 0. The Hall–Kier alpha value is -1.43. The molecule has 0 bridgehead atoms. The molecule has 0 aliphatic carbocycles. The minimum atomic E-state index is 0.0615. The summed E-state index contributed by atoms with van der Waals surface area (Å²) in [4.78, 5) is 18.9. The van der Waals surface area contributed by atoms with Crippen LogP contribution in [0.5, 0.6) is 0 Å². The second-order valence-electron chi connectivity index (χ2n) is 3.42. The first-order valence-electron chi connectivity index (χ1n) is 4.32. The molecule has 1 amide bonds. The third kappa shape index (κ3) is 3.14. The fourth-order valence-electron chi connectivity index (χ4n) is 1.01. The molecular weight excluding hydrogens is 182 g/mol. The highest BCUT2D eigenvalue weighted by Crippen LogP contribution is 1.95. The predicted molar refractivity (Wildman–Crippen MR) is 51.4 cm³/mol. The van der Waals surface area contributed by atoms with E-state index in [1.165, 1.54) is 6.33 Å². The molecule has 1 aromatic rings. The van der Waals surface area contributed by atoms with E-state index in [9.17, 15) is 4.79 Å². The zero-order valence-corrected chi connectivity index (χ0v) is 8.69. The molecule has 0 saturated carbocycles. The lowest BCUT2D eigenvalue weighted by molar-refractivity contribution is -0.131. The van der Waals surface area contributed by atoms with Crippen LogP contribution in [0.2, 0.25) is 0 Å². The average molecular weight is 197 g/mol. The van der Waals surface area contributed by atoms with Crippen LogP contribution in [-0.4, -0.2) is 58.6 Å². The van der Waals surface area contributed by atoms with E-state index >= 15 is 0 Å². The van der Waals surface area contributed by atoms with Crippen molar-refractivity contribution in [1.82, 2.24) is 25.0 Å². The molecule has 0 aliphatic rings. The predicted octanol–water partition coefficient (Wildman–Crippen LogP) is -0.675. The fraction of sp³-hybridized carbons (Fsp3) is 0.625. The van der Waals surface area contributed by atoms with Crippen molar-refractivity contribution in [2.24, 2.45) is 0 Å². The first-order chi connectivity index (χ1) is 6.59. The van der Waals surface area contributed by atoms with Gasteiger partial charge >= 0.3 is 0 Å². The van der Waals surface area contributed by atoms with E-state index in [0.29, 0.717) is 18.9 Å². The molecule has 0 unspecified atom stereocenters. The van der Waals surface area contributed by atoms with Crippen molar-refractivity contribution in [1.29, 1.82) is 0 Å². The molecule has 0 radical (unpaired) electrons. The number of nitrogens with one attached hydrogen (secondary N) is 1. The number of carbonyl (C=O) groups is 1. The Bertz CT molecular complexity index is 282. The summed E-state index contributed by atoms with van der Waals surface area (Å²) in [5, 5.41) is 6.42. The van der Waals surface area contributed by atoms with E-state index in [-0.39, 0.29) is 5.91 Å². The Morgan fingerprint density at radius 1 is 1.50 bits per heavy atom. The maximum absolute atomic E-state index is 11.5. The number of hydrogen-bond donors (Lipinski definition) is 1. The third-order valence-corrected chi connectivity index (χ3v) is 1.73. The molecule has 0 aromatic carbocycles. The van der Waals surface area contributed by atoms with Gasteiger partial charge in [-0.15, -0.1) is 0 Å². The number of amides is 1. The van der Waals surface area contributed by atoms with Crippen LogP contribution in [0.15, 0.2) is 6.33 Å². The topological polar surface area (TPSA) is 65.1 Å². The van der Waals surface area contributed by atoms with Gasteiger partial charge in [0.05, 0.1) is 13.1 Å². The number of aromatic nitrogens is 3. The Kier molecular flexibility index (Phi) is 3.58. The molecule has 14 heavy (non-hydrogen) atoms. The van der Waals surface area contributed by atoms with Gasteiger partial charge in [-0.1, -0.05) is 0 Å². The minimum Gasteiger partial charge on any atom is -0.337 e. The van der Waals surface area contributed by atoms with E-state index < -0.39 is 0 Å². The van der Waals surface area contributed by atoms with Gasteiger partial charge in [-0.25, -0.2) is 4.98 Å². The molecule has 0 atom stereocenters. The lowest BCUT2D eigenvalue weighted by Crippen LogP contribution is -2.34. The van der Waals surface area contributed by atoms with Crippen LogP contribution in [0.3, 0.4) is 0 Å². The van der Waals surface area contributed by atoms with Gasteiger partial charge in [0.25, 0.3) is 0 Å². The number of carbonyl (C=O) groups excluding carboxylic acids is 1. The van der Waals surface area contributed by atoms with Crippen LogP contribution in [0.25, 0.3) is 0 Å². The van der Waals surface area contributed by atoms with Crippen molar-refractivity contribution in [3.63, 3.8) is 0 Å². The zero-order chi connectivity index (χ0) is 10.6. The molecule has 6 heteroatoms. The lowest BCUT2D eigenvalue weighted by atomic mass is 10.4. The number of aromatic amines is 1. The van der Waals surface area contributed by atoms with Crippen molar-refractivity contribution in [2.45, 2.75) is 6.54 Å². The van der Waals surface area contributed by atoms with E-state index in [2.05, 4.69) is 15.2 Å². The van der Waals surface area contributed by atoms with E-state index in [0.717, 1.165) is 0 Å². The molecule has 1 N–H and O–H groups in total. The summed E-state index contributed by atoms with van der Waals surface area (Å²) in [5.74, 6) is 0.756. The SMILES string of the molecule is CN(C)CC(=O)N(C)Cc1ncn[nH]1. The van der Waals surface area contributed by atoms with Gasteiger partial charge in [0, 0.05) is 7.05 Å². The minimum absolute atomic E-state index is 0.0615. The summed E-state index contributed by atoms with van der Waals surface area (Å²) >= 11 is 0. The highest BCUT2D eigenvalue weighted by Gasteiger charge is 2.10. The number of likely N-dealkylation sites (N-methyl/N-ethyl adjacent to an activating group) is 2. The van der Waals surface area contributed by atoms with Crippen molar-refractivity contribution < 1.29 is 4.79 Å². The van der Waals surface area contributed by atoms with Gasteiger partial charge in [-0.2, -0.15) is 5.10 Å². The zero-order valence-electron chi connectivity index (χ0n) is 8.69. The quantitative estimate of drug-likeness (QED) is 0.695. The maximum atomic E-state index is 11.5. The molecule has 0 aliphatic heterocycles. The first kappa shape index (κ1) is 10.6. The van der Waals surface area contributed by atoms with Gasteiger partial charge in [-0.05, 0) is 14.1 Å². The number of nitrogens with zero attached hydrogens (tertiary/aromatic N) is 4. The molecule has 1 rings (SSSR count). The van der Waals surface area contributed by atoms with Crippen molar-refractivity contribution >= 4 is 5.91 Å². The molecule has 0 fully saturated rings. The fourth-order valence-corrected chi connectivity index (χ4v) is 1.01. The van der Waals surface area contributed by atoms with E-state index in [1.54, 1.807) is 11.9 Å². The van der Waals surface area contributed by atoms with Gasteiger partial charge < -0.3 is 9.80 Å². The normalized spacial score (nSPS) is 10.6. The number of H-pyrrole nitrogens is 1. The molecule has 78 valence electrons. The van der Waals surface area contributed by atoms with Gasteiger partial charge in [0.2, 0.25) is 5.91 Å². The van der Waals surface area contributed by atoms with Crippen LogP contribution in [0.4, 0.5) is 0 Å². The smallest absolute Gasteiger partial charge is 0.236 e. The lowest BCUT2D eigenvalue weighted by Gasteiger charge is -2.17. The molecular formula is C8H15N5O. The standard InChI is InChI=1S/C8H15N5O/c1-12(2)5-8(14)13(3)4-7-9-6-10-11-7/h6H,4-5H2,1-3H3,(H,9,10,11). The van der Waals surface area contributed by atoms with Crippen LogP contribution in [0, 0.1) is 0 Å². The highest BCUT2D eigenvalue weighted by atomic mass is 16.2. The summed E-state index contributed by atoms with van der Waals surface area (Å²) < 4.78 is 0. The Balaban J connectivity index is 2.42. The second-order valence-corrected chi connectivity index (χ2v) is 3.42. The molecule has 0 spiro atoms. The molecule has 6 nitrogen and oxygen atoms in total. The van der Waals surface area contributed by atoms with Crippen molar-refractivity contribution in [3.05, 3.63) is 12.2 Å². The van der Waals surface area contributed by atoms with Crippen molar-refractivity contribution in [2.75, 3.05) is 27.7 Å². The first-order valence-corrected chi connectivity index (χ1v) is 4.32. The largest absolute Gasteiger partial charge is 0.337 e. The van der Waals surface area contributed by atoms with Crippen LogP contribution in [-0.2, 0) is 11.3 Å². The summed E-state index contributed by atoms with van der Waals surface area (Å²) in [7, 11) is 5.47. The number of hydrogen-bond acceptors (Lipinski definition) is 4. The Labute approximate surface area is 82.9 Å².